The largest absolute Gasteiger partial charge is 0.356 e. The molecule has 0 bridgehead atoms. The summed E-state index contributed by atoms with van der Waals surface area (Å²) in [6, 6.07) is 15.4. The van der Waals surface area contributed by atoms with Gasteiger partial charge in [-0.05, 0) is 81.4 Å². The number of imide groups is 1. The summed E-state index contributed by atoms with van der Waals surface area (Å²) in [7, 11) is 0. The molecule has 2 atom stereocenters. The Bertz CT molecular complexity index is 1270. The molecule has 3 fully saturated rings. The molecule has 8 heteroatoms. The third-order valence-electron chi connectivity index (χ3n) is 9.46. The van der Waals surface area contributed by atoms with Crippen molar-refractivity contribution in [2.24, 2.45) is 17.8 Å². The summed E-state index contributed by atoms with van der Waals surface area (Å²) < 4.78 is 0. The Kier molecular flexibility index (Phi) is 9.60. The molecule has 5 amide bonds. The lowest BCUT2D eigenvalue weighted by molar-refractivity contribution is -0.142. The van der Waals surface area contributed by atoms with Gasteiger partial charge in [0.1, 0.15) is 6.54 Å². The number of urea groups is 1. The molecule has 1 heterocycles. The fourth-order valence-electron chi connectivity index (χ4n) is 7.05. The molecule has 42 heavy (non-hydrogen) atoms. The summed E-state index contributed by atoms with van der Waals surface area (Å²) in [5.74, 6) is -0.346. The highest BCUT2D eigenvalue weighted by Crippen LogP contribution is 2.37. The molecule has 224 valence electrons. The number of nitrogens with one attached hydrogen (secondary N) is 2. The Balaban J connectivity index is 1.17. The van der Waals surface area contributed by atoms with E-state index in [-0.39, 0.29) is 54.1 Å². The zero-order valence-electron chi connectivity index (χ0n) is 24.9. The van der Waals surface area contributed by atoms with Crippen LogP contribution in [0.5, 0.6) is 0 Å². The smallest absolute Gasteiger partial charge is 0.327 e. The number of fused-ring (bicyclic) bond motifs is 1. The van der Waals surface area contributed by atoms with E-state index in [0.717, 1.165) is 74.6 Å². The van der Waals surface area contributed by atoms with Gasteiger partial charge in [-0.2, -0.15) is 0 Å². The number of carbonyl (C=O) groups excluding carboxylic acids is 4. The molecule has 3 aliphatic rings. The van der Waals surface area contributed by atoms with Crippen LogP contribution in [0, 0.1) is 31.6 Å². The maximum atomic E-state index is 13.8. The Morgan fingerprint density at radius 1 is 0.857 bits per heavy atom. The summed E-state index contributed by atoms with van der Waals surface area (Å²) >= 11 is 0. The molecular formula is C34H44N4O4. The van der Waals surface area contributed by atoms with E-state index in [1.807, 2.05) is 50.2 Å². The predicted molar refractivity (Wildman–Crippen MR) is 163 cm³/mol. The molecule has 2 aromatic rings. The average molecular weight is 573 g/mol. The molecule has 2 aromatic carbocycles. The minimum absolute atomic E-state index is 0.0300. The summed E-state index contributed by atoms with van der Waals surface area (Å²) in [6.07, 6.45) is 7.33. The molecule has 1 saturated heterocycles. The van der Waals surface area contributed by atoms with E-state index in [2.05, 4.69) is 22.8 Å². The number of hydrogen-bond donors (Lipinski definition) is 2. The number of rotatable bonds is 9. The lowest BCUT2D eigenvalue weighted by Gasteiger charge is -2.47. The number of nitrogens with zero attached hydrogens (tertiary/aromatic N) is 2. The van der Waals surface area contributed by atoms with Crippen molar-refractivity contribution in [2.45, 2.75) is 77.7 Å². The second-order valence-corrected chi connectivity index (χ2v) is 12.4. The van der Waals surface area contributed by atoms with E-state index >= 15 is 0 Å². The molecule has 5 rings (SSSR count). The van der Waals surface area contributed by atoms with Crippen molar-refractivity contribution >= 4 is 29.4 Å². The second kappa shape index (κ2) is 13.5. The van der Waals surface area contributed by atoms with Crippen molar-refractivity contribution in [3.63, 3.8) is 0 Å². The third-order valence-corrected chi connectivity index (χ3v) is 9.46. The quantitative estimate of drug-likeness (QED) is 0.430. The van der Waals surface area contributed by atoms with Crippen molar-refractivity contribution in [3.05, 3.63) is 65.2 Å². The van der Waals surface area contributed by atoms with Gasteiger partial charge in [-0.1, -0.05) is 61.4 Å². The number of anilines is 1. The van der Waals surface area contributed by atoms with Crippen molar-refractivity contribution in [2.75, 3.05) is 25.0 Å². The SMILES string of the molecule is Cc1cccc(C)c1NC(=O)CN1C(=O)N(CC2CCC(C(=O)NCCc3ccccc3)CC2)C(=O)C2CCCCC21. The molecule has 0 aromatic heterocycles. The summed E-state index contributed by atoms with van der Waals surface area (Å²) in [4.78, 5) is 56.4. The molecule has 1 aliphatic heterocycles. The van der Waals surface area contributed by atoms with Gasteiger partial charge < -0.3 is 15.5 Å². The van der Waals surface area contributed by atoms with Crippen LogP contribution in [0.4, 0.5) is 10.5 Å². The van der Waals surface area contributed by atoms with E-state index in [1.165, 1.54) is 10.5 Å². The van der Waals surface area contributed by atoms with Gasteiger partial charge >= 0.3 is 6.03 Å². The Morgan fingerprint density at radius 2 is 1.55 bits per heavy atom. The molecule has 2 N–H and O–H groups in total. The van der Waals surface area contributed by atoms with Gasteiger partial charge in [-0.3, -0.25) is 19.3 Å². The maximum absolute atomic E-state index is 13.8. The van der Waals surface area contributed by atoms with Crippen molar-refractivity contribution in [1.82, 2.24) is 15.1 Å². The number of amides is 5. The zero-order chi connectivity index (χ0) is 29.6. The molecule has 8 nitrogen and oxygen atoms in total. The van der Waals surface area contributed by atoms with Crippen LogP contribution in [0.15, 0.2) is 48.5 Å². The highest BCUT2D eigenvalue weighted by atomic mass is 16.2. The summed E-state index contributed by atoms with van der Waals surface area (Å²) in [5, 5.41) is 6.10. The first-order valence-corrected chi connectivity index (χ1v) is 15.6. The van der Waals surface area contributed by atoms with E-state index < -0.39 is 0 Å². The molecule has 0 radical (unpaired) electrons. The maximum Gasteiger partial charge on any atom is 0.327 e. The third kappa shape index (κ3) is 6.85. The van der Waals surface area contributed by atoms with Gasteiger partial charge in [-0.15, -0.1) is 0 Å². The highest BCUT2D eigenvalue weighted by molar-refractivity contribution is 6.02. The van der Waals surface area contributed by atoms with E-state index in [4.69, 9.17) is 0 Å². The van der Waals surface area contributed by atoms with Crippen LogP contribution in [0.2, 0.25) is 0 Å². The normalized spacial score (nSPS) is 24.2. The highest BCUT2D eigenvalue weighted by Gasteiger charge is 2.48. The molecule has 2 saturated carbocycles. The molecule has 2 unspecified atom stereocenters. The van der Waals surface area contributed by atoms with E-state index in [9.17, 15) is 19.2 Å². The van der Waals surface area contributed by atoms with Gasteiger partial charge in [0.25, 0.3) is 0 Å². The van der Waals surface area contributed by atoms with E-state index in [1.54, 1.807) is 4.90 Å². The van der Waals surface area contributed by atoms with Gasteiger partial charge in [0.15, 0.2) is 0 Å². The number of aryl methyl sites for hydroxylation is 2. The molecular weight excluding hydrogens is 528 g/mol. The van der Waals surface area contributed by atoms with E-state index in [0.29, 0.717) is 13.1 Å². The van der Waals surface area contributed by atoms with Gasteiger partial charge in [0, 0.05) is 30.7 Å². The minimum Gasteiger partial charge on any atom is -0.356 e. The molecule has 0 spiro atoms. The van der Waals surface area contributed by atoms with Crippen molar-refractivity contribution < 1.29 is 19.2 Å². The van der Waals surface area contributed by atoms with Crippen LogP contribution < -0.4 is 10.6 Å². The number of para-hydroxylation sites is 1. The number of benzene rings is 2. The van der Waals surface area contributed by atoms with Crippen molar-refractivity contribution in [1.29, 1.82) is 0 Å². The lowest BCUT2D eigenvalue weighted by atomic mass is 9.79. The van der Waals surface area contributed by atoms with Gasteiger partial charge in [-0.25, -0.2) is 4.79 Å². The predicted octanol–water partition coefficient (Wildman–Crippen LogP) is 5.23. The van der Waals surface area contributed by atoms with Crippen molar-refractivity contribution in [3.8, 4) is 0 Å². The Morgan fingerprint density at radius 3 is 2.26 bits per heavy atom. The molecule has 2 aliphatic carbocycles. The van der Waals surface area contributed by atoms with Crippen LogP contribution in [0.3, 0.4) is 0 Å². The average Bonchev–Trinajstić information content (AvgIpc) is 3.00. The summed E-state index contributed by atoms with van der Waals surface area (Å²) in [5.41, 5.74) is 3.93. The standard InChI is InChI=1S/C34H44N4O4/c1-23-9-8-10-24(2)31(23)36-30(39)22-37-29-14-7-6-13-28(29)33(41)38(34(37)42)21-26-15-17-27(18-16-26)32(40)35-20-19-25-11-4-3-5-12-25/h3-5,8-12,26-29H,6-7,13-22H2,1-2H3,(H,35,40)(H,36,39). The topological polar surface area (TPSA) is 98.8 Å². The monoisotopic (exact) mass is 572 g/mol. The number of carbonyl (C=O) groups is 4. The minimum atomic E-state index is -0.347. The first kappa shape index (κ1) is 29.8. The Labute approximate surface area is 249 Å². The fraction of sp³-hybridized carbons (Fsp3) is 0.529. The first-order valence-electron chi connectivity index (χ1n) is 15.6. The lowest BCUT2D eigenvalue weighted by Crippen LogP contribution is -2.64. The van der Waals surface area contributed by atoms with Gasteiger partial charge in [0.05, 0.1) is 5.92 Å². The van der Waals surface area contributed by atoms with Crippen LogP contribution in [0.1, 0.15) is 68.1 Å². The first-order chi connectivity index (χ1) is 20.3. The number of hydrogen-bond acceptors (Lipinski definition) is 4. The second-order valence-electron chi connectivity index (χ2n) is 12.4. The summed E-state index contributed by atoms with van der Waals surface area (Å²) in [6.45, 7) is 4.82. The van der Waals surface area contributed by atoms with Crippen LogP contribution in [-0.4, -0.2) is 59.2 Å². The van der Waals surface area contributed by atoms with Crippen LogP contribution in [-0.2, 0) is 20.8 Å². The zero-order valence-corrected chi connectivity index (χ0v) is 24.9. The van der Waals surface area contributed by atoms with Crippen LogP contribution in [0.25, 0.3) is 0 Å². The Hall–Kier alpha value is -3.68. The fourth-order valence-corrected chi connectivity index (χ4v) is 7.05. The van der Waals surface area contributed by atoms with Crippen LogP contribution >= 0.6 is 0 Å². The van der Waals surface area contributed by atoms with Gasteiger partial charge in [0.2, 0.25) is 17.7 Å².